The van der Waals surface area contributed by atoms with Crippen molar-refractivity contribution in [1.82, 2.24) is 0 Å². The number of nitrogens with zero attached hydrogens (tertiary/aromatic N) is 1. The Labute approximate surface area is 85.2 Å². The standard InChI is InChI=1S/C13H15N/c1-2-12-8-9-13(14-12)10-11-6-4-3-5-7-11/h2-7,13H,1,8-10H2/t13-/m1/s1. The molecule has 1 aliphatic heterocycles. The molecule has 1 nitrogen and oxygen atoms in total. The van der Waals surface area contributed by atoms with E-state index in [1.165, 1.54) is 17.7 Å². The van der Waals surface area contributed by atoms with Crippen LogP contribution < -0.4 is 0 Å². The van der Waals surface area contributed by atoms with E-state index < -0.39 is 0 Å². The number of hydrogen-bond donors (Lipinski definition) is 0. The van der Waals surface area contributed by atoms with Gasteiger partial charge < -0.3 is 0 Å². The number of allylic oxidation sites excluding steroid dienone is 1. The monoisotopic (exact) mass is 185 g/mol. The summed E-state index contributed by atoms with van der Waals surface area (Å²) in [6.45, 7) is 3.75. The molecule has 1 atom stereocenters. The van der Waals surface area contributed by atoms with Crippen molar-refractivity contribution < 1.29 is 0 Å². The minimum atomic E-state index is 0.477. The minimum absolute atomic E-state index is 0.477. The van der Waals surface area contributed by atoms with Crippen LogP contribution in [0.4, 0.5) is 0 Å². The highest BCUT2D eigenvalue weighted by Gasteiger charge is 2.15. The molecule has 1 heteroatoms. The van der Waals surface area contributed by atoms with Crippen LogP contribution in [-0.2, 0) is 6.42 Å². The Morgan fingerprint density at radius 2 is 2.14 bits per heavy atom. The van der Waals surface area contributed by atoms with Gasteiger partial charge in [-0.3, -0.25) is 4.99 Å². The molecule has 0 bridgehead atoms. The quantitative estimate of drug-likeness (QED) is 0.686. The van der Waals surface area contributed by atoms with Gasteiger partial charge in [-0.2, -0.15) is 0 Å². The third kappa shape index (κ3) is 2.11. The van der Waals surface area contributed by atoms with E-state index in [9.17, 15) is 0 Å². The first-order valence-electron chi connectivity index (χ1n) is 5.11. The number of hydrogen-bond acceptors (Lipinski definition) is 1. The normalized spacial score (nSPS) is 20.6. The van der Waals surface area contributed by atoms with Gasteiger partial charge in [0, 0.05) is 5.71 Å². The number of rotatable bonds is 3. The largest absolute Gasteiger partial charge is 0.286 e. The van der Waals surface area contributed by atoms with E-state index in [0.717, 1.165) is 12.8 Å². The molecule has 0 amide bonds. The molecule has 1 aromatic carbocycles. The Hall–Kier alpha value is -1.37. The molecule has 0 saturated heterocycles. The van der Waals surface area contributed by atoms with Crippen LogP contribution in [0.1, 0.15) is 18.4 Å². The molecule has 72 valence electrons. The summed E-state index contributed by atoms with van der Waals surface area (Å²) in [5.41, 5.74) is 2.55. The average molecular weight is 185 g/mol. The smallest absolute Gasteiger partial charge is 0.0546 e. The van der Waals surface area contributed by atoms with Gasteiger partial charge in [0.05, 0.1) is 6.04 Å². The van der Waals surface area contributed by atoms with Gasteiger partial charge in [0.2, 0.25) is 0 Å². The van der Waals surface area contributed by atoms with Crippen LogP contribution in [0.25, 0.3) is 0 Å². The van der Waals surface area contributed by atoms with Crippen molar-refractivity contribution in [2.45, 2.75) is 25.3 Å². The highest BCUT2D eigenvalue weighted by molar-refractivity contribution is 5.95. The first kappa shape index (κ1) is 9.20. The van der Waals surface area contributed by atoms with E-state index in [4.69, 9.17) is 0 Å². The first-order valence-corrected chi connectivity index (χ1v) is 5.11. The molecule has 2 rings (SSSR count). The zero-order valence-electron chi connectivity index (χ0n) is 8.32. The summed E-state index contributed by atoms with van der Waals surface area (Å²) in [4.78, 5) is 4.60. The SMILES string of the molecule is C=CC1=N[C@@H](Cc2ccccc2)CC1. The zero-order valence-corrected chi connectivity index (χ0v) is 8.32. The molecule has 0 aromatic heterocycles. The highest BCUT2D eigenvalue weighted by atomic mass is 14.8. The fourth-order valence-corrected chi connectivity index (χ4v) is 1.87. The first-order chi connectivity index (χ1) is 6.88. The van der Waals surface area contributed by atoms with Gasteiger partial charge in [-0.15, -0.1) is 0 Å². The van der Waals surface area contributed by atoms with Gasteiger partial charge in [0.1, 0.15) is 0 Å². The molecule has 0 fully saturated rings. The summed E-state index contributed by atoms with van der Waals surface area (Å²) in [6, 6.07) is 11.0. The number of benzene rings is 1. The zero-order chi connectivity index (χ0) is 9.80. The summed E-state index contributed by atoms with van der Waals surface area (Å²) >= 11 is 0. The molecule has 0 saturated carbocycles. The maximum Gasteiger partial charge on any atom is 0.0546 e. The molecule has 0 spiro atoms. The molecular weight excluding hydrogens is 170 g/mol. The topological polar surface area (TPSA) is 12.4 Å². The van der Waals surface area contributed by atoms with E-state index in [0.29, 0.717) is 6.04 Å². The van der Waals surface area contributed by atoms with Crippen molar-refractivity contribution in [2.24, 2.45) is 4.99 Å². The van der Waals surface area contributed by atoms with Crippen molar-refractivity contribution in [3.63, 3.8) is 0 Å². The molecule has 0 radical (unpaired) electrons. The van der Waals surface area contributed by atoms with E-state index in [2.05, 4.69) is 41.9 Å². The Morgan fingerprint density at radius 3 is 2.79 bits per heavy atom. The Morgan fingerprint density at radius 1 is 1.36 bits per heavy atom. The Kier molecular flexibility index (Phi) is 2.78. The van der Waals surface area contributed by atoms with Gasteiger partial charge in [0.25, 0.3) is 0 Å². The molecule has 1 aromatic rings. The van der Waals surface area contributed by atoms with Crippen molar-refractivity contribution in [1.29, 1.82) is 0 Å². The summed E-state index contributed by atoms with van der Waals surface area (Å²) in [5, 5.41) is 0. The molecule has 1 heterocycles. The Balaban J connectivity index is 2.00. The van der Waals surface area contributed by atoms with Crippen LogP contribution in [0, 0.1) is 0 Å². The van der Waals surface area contributed by atoms with E-state index in [-0.39, 0.29) is 0 Å². The number of aliphatic imine (C=N–C) groups is 1. The van der Waals surface area contributed by atoms with Crippen molar-refractivity contribution in [3.8, 4) is 0 Å². The summed E-state index contributed by atoms with van der Waals surface area (Å²) in [7, 11) is 0. The molecule has 0 aliphatic carbocycles. The van der Waals surface area contributed by atoms with Crippen LogP contribution in [0.15, 0.2) is 48.0 Å². The van der Waals surface area contributed by atoms with Gasteiger partial charge in [-0.25, -0.2) is 0 Å². The highest BCUT2D eigenvalue weighted by Crippen LogP contribution is 2.18. The second kappa shape index (κ2) is 4.23. The summed E-state index contributed by atoms with van der Waals surface area (Å²) < 4.78 is 0. The third-order valence-electron chi connectivity index (χ3n) is 2.63. The molecule has 14 heavy (non-hydrogen) atoms. The van der Waals surface area contributed by atoms with E-state index >= 15 is 0 Å². The Bertz CT molecular complexity index is 338. The predicted molar refractivity (Wildman–Crippen MR) is 60.8 cm³/mol. The maximum absolute atomic E-state index is 4.60. The molecular formula is C13H15N. The second-order valence-corrected chi connectivity index (χ2v) is 3.71. The summed E-state index contributed by atoms with van der Waals surface area (Å²) in [5.74, 6) is 0. The van der Waals surface area contributed by atoms with Crippen LogP contribution in [0.3, 0.4) is 0 Å². The maximum atomic E-state index is 4.60. The van der Waals surface area contributed by atoms with Gasteiger partial charge in [-0.1, -0.05) is 36.9 Å². The molecule has 1 aliphatic rings. The lowest BCUT2D eigenvalue weighted by molar-refractivity contribution is 0.667. The lowest BCUT2D eigenvalue weighted by Crippen LogP contribution is -2.03. The van der Waals surface area contributed by atoms with Crippen molar-refractivity contribution in [2.75, 3.05) is 0 Å². The fraction of sp³-hybridized carbons (Fsp3) is 0.308. The third-order valence-corrected chi connectivity index (χ3v) is 2.63. The lowest BCUT2D eigenvalue weighted by Gasteiger charge is -2.05. The van der Waals surface area contributed by atoms with Crippen molar-refractivity contribution in [3.05, 3.63) is 48.6 Å². The lowest BCUT2D eigenvalue weighted by atomic mass is 10.0. The van der Waals surface area contributed by atoms with Gasteiger partial charge in [-0.05, 0) is 30.9 Å². The molecule has 0 unspecified atom stereocenters. The minimum Gasteiger partial charge on any atom is -0.286 e. The van der Waals surface area contributed by atoms with Crippen LogP contribution in [0.2, 0.25) is 0 Å². The van der Waals surface area contributed by atoms with Crippen LogP contribution in [-0.4, -0.2) is 11.8 Å². The predicted octanol–water partition coefficient (Wildman–Crippen LogP) is 3.02. The second-order valence-electron chi connectivity index (χ2n) is 3.71. The average Bonchev–Trinajstić information content (AvgIpc) is 2.67. The van der Waals surface area contributed by atoms with Crippen molar-refractivity contribution >= 4 is 5.71 Å². The van der Waals surface area contributed by atoms with Gasteiger partial charge in [0.15, 0.2) is 0 Å². The van der Waals surface area contributed by atoms with E-state index in [1.807, 2.05) is 6.08 Å². The van der Waals surface area contributed by atoms with Gasteiger partial charge >= 0.3 is 0 Å². The van der Waals surface area contributed by atoms with E-state index in [1.54, 1.807) is 0 Å². The fourth-order valence-electron chi connectivity index (χ4n) is 1.87. The summed E-state index contributed by atoms with van der Waals surface area (Å²) in [6.07, 6.45) is 5.22. The molecule has 0 N–H and O–H groups in total. The van der Waals surface area contributed by atoms with Crippen LogP contribution in [0.5, 0.6) is 0 Å². The van der Waals surface area contributed by atoms with Crippen LogP contribution >= 0.6 is 0 Å².